The van der Waals surface area contributed by atoms with E-state index in [1.807, 2.05) is 64.2 Å². The highest BCUT2D eigenvalue weighted by Gasteiger charge is 2.13. The van der Waals surface area contributed by atoms with Crippen LogP contribution in [-0.2, 0) is 6.54 Å². The maximum absolute atomic E-state index is 11.2. The van der Waals surface area contributed by atoms with Crippen LogP contribution in [0.25, 0.3) is 10.9 Å². The first-order valence-corrected chi connectivity index (χ1v) is 13.8. The molecule has 40 heavy (non-hydrogen) atoms. The van der Waals surface area contributed by atoms with Gasteiger partial charge in [-0.3, -0.25) is 10.1 Å². The minimum absolute atomic E-state index is 0.0597. The Balaban J connectivity index is 0.00000106. The average molecular weight is 541 g/mol. The minimum Gasteiger partial charge on any atom is -0.381 e. The molecular formula is C32H40N6O2+2. The van der Waals surface area contributed by atoms with E-state index in [1.54, 1.807) is 12.1 Å². The second-order valence-corrected chi connectivity index (χ2v) is 8.80. The van der Waals surface area contributed by atoms with Crippen molar-refractivity contribution in [3.63, 3.8) is 0 Å². The number of nitrogens with zero attached hydrogens (tertiary/aromatic N) is 1. The van der Waals surface area contributed by atoms with Gasteiger partial charge < -0.3 is 20.9 Å². The van der Waals surface area contributed by atoms with E-state index in [0.29, 0.717) is 6.54 Å². The number of allylic oxidation sites excluding steroid dienone is 1. The summed E-state index contributed by atoms with van der Waals surface area (Å²) in [6.45, 7) is 9.68. The Morgan fingerprint density at radius 2 is 1.65 bits per heavy atom. The summed E-state index contributed by atoms with van der Waals surface area (Å²) in [7, 11) is 2.13. The quantitative estimate of drug-likeness (QED) is 0.155. The monoisotopic (exact) mass is 540 g/mol. The number of rotatable bonds is 8. The molecule has 0 aliphatic carbocycles. The normalized spacial score (nSPS) is 13.6. The zero-order valence-electron chi connectivity index (χ0n) is 23.9. The summed E-state index contributed by atoms with van der Waals surface area (Å²) in [6.07, 6.45) is 8.27. The SMILES string of the molecule is CC.CC.C[NH+]1C=CC(Nc2cccc(CNc3ccc(Nc4cc[nH+]c5ccc([N+](=O)[O-])cc45)cc3)c2)=CC1. The van der Waals surface area contributed by atoms with Crippen molar-refractivity contribution < 1.29 is 14.8 Å². The van der Waals surface area contributed by atoms with Crippen LogP contribution in [0.5, 0.6) is 0 Å². The van der Waals surface area contributed by atoms with Crippen LogP contribution in [0.15, 0.2) is 103 Å². The molecule has 0 radical (unpaired) electrons. The molecule has 0 saturated heterocycles. The number of hydrogen-bond acceptors (Lipinski definition) is 5. The Labute approximate surface area is 236 Å². The molecular weight excluding hydrogens is 500 g/mol. The predicted octanol–water partition coefficient (Wildman–Crippen LogP) is 6.31. The number of fused-ring (bicyclic) bond motifs is 1. The summed E-state index contributed by atoms with van der Waals surface area (Å²) >= 11 is 0. The number of H-pyrrole nitrogens is 1. The van der Waals surface area contributed by atoms with Crippen LogP contribution < -0.4 is 25.8 Å². The van der Waals surface area contributed by atoms with Gasteiger partial charge in [0, 0.05) is 59.6 Å². The van der Waals surface area contributed by atoms with Crippen molar-refractivity contribution in [2.45, 2.75) is 34.2 Å². The molecule has 0 spiro atoms. The number of nitro groups is 1. The molecule has 4 aromatic rings. The molecule has 0 saturated carbocycles. The topological polar surface area (TPSA) is 97.8 Å². The molecule has 3 aromatic carbocycles. The van der Waals surface area contributed by atoms with Crippen LogP contribution in [0.2, 0.25) is 0 Å². The van der Waals surface area contributed by atoms with E-state index >= 15 is 0 Å². The molecule has 2 heterocycles. The molecule has 1 aliphatic heterocycles. The largest absolute Gasteiger partial charge is 0.381 e. The summed E-state index contributed by atoms with van der Waals surface area (Å²) < 4.78 is 0. The lowest BCUT2D eigenvalue weighted by Gasteiger charge is -2.15. The number of aromatic amines is 1. The maximum atomic E-state index is 11.2. The summed E-state index contributed by atoms with van der Waals surface area (Å²) in [5.41, 5.74) is 6.95. The number of benzene rings is 3. The molecule has 8 nitrogen and oxygen atoms in total. The van der Waals surface area contributed by atoms with Crippen molar-refractivity contribution in [3.05, 3.63) is 119 Å². The lowest BCUT2D eigenvalue weighted by molar-refractivity contribution is -0.818. The first-order chi connectivity index (χ1) is 19.5. The van der Waals surface area contributed by atoms with Crippen molar-refractivity contribution in [2.24, 2.45) is 0 Å². The molecule has 1 aliphatic rings. The first kappa shape index (κ1) is 29.9. The number of non-ortho nitro benzene ring substituents is 1. The zero-order valence-corrected chi connectivity index (χ0v) is 23.9. The maximum Gasteiger partial charge on any atom is 0.270 e. The summed E-state index contributed by atoms with van der Waals surface area (Å²) in [5, 5.41) is 22.3. The number of nitro benzene ring substituents is 1. The van der Waals surface area contributed by atoms with E-state index in [9.17, 15) is 10.1 Å². The van der Waals surface area contributed by atoms with Crippen molar-refractivity contribution in [1.29, 1.82) is 0 Å². The highest BCUT2D eigenvalue weighted by Crippen LogP contribution is 2.28. The van der Waals surface area contributed by atoms with Crippen molar-refractivity contribution in [1.82, 2.24) is 0 Å². The smallest absolute Gasteiger partial charge is 0.270 e. The molecule has 5 rings (SSSR count). The average Bonchev–Trinajstić information content (AvgIpc) is 3.00. The van der Waals surface area contributed by atoms with Crippen LogP contribution in [0, 0.1) is 10.1 Å². The van der Waals surface area contributed by atoms with E-state index < -0.39 is 0 Å². The number of nitrogens with one attached hydrogen (secondary N) is 5. The highest BCUT2D eigenvalue weighted by molar-refractivity contribution is 5.92. The number of anilines is 4. The van der Waals surface area contributed by atoms with Gasteiger partial charge in [0.1, 0.15) is 6.54 Å². The van der Waals surface area contributed by atoms with Gasteiger partial charge in [0.15, 0.2) is 6.20 Å². The van der Waals surface area contributed by atoms with Crippen LogP contribution in [0.3, 0.4) is 0 Å². The lowest BCUT2D eigenvalue weighted by atomic mass is 10.1. The number of likely N-dealkylation sites (N-methyl/N-ethyl adjacent to an activating group) is 1. The van der Waals surface area contributed by atoms with Gasteiger partial charge in [-0.05, 0) is 48.0 Å². The van der Waals surface area contributed by atoms with Crippen LogP contribution in [-0.4, -0.2) is 18.5 Å². The Hall–Kier alpha value is -4.69. The number of hydrogen-bond donors (Lipinski definition) is 4. The van der Waals surface area contributed by atoms with Crippen LogP contribution >= 0.6 is 0 Å². The summed E-state index contributed by atoms with van der Waals surface area (Å²) in [5.74, 6) is 0. The highest BCUT2D eigenvalue weighted by atomic mass is 16.6. The fourth-order valence-electron chi connectivity index (χ4n) is 4.10. The van der Waals surface area contributed by atoms with E-state index in [-0.39, 0.29) is 10.6 Å². The molecule has 0 fully saturated rings. The van der Waals surface area contributed by atoms with E-state index in [4.69, 9.17) is 0 Å². The van der Waals surface area contributed by atoms with Gasteiger partial charge in [-0.1, -0.05) is 39.8 Å². The van der Waals surface area contributed by atoms with E-state index in [1.165, 1.54) is 16.5 Å². The standard InChI is InChI=1S/C28H26N6O2.2C2H6/c1-33-15-12-23(13-16-33)31-24-4-2-3-20(17-24)19-30-21-5-7-22(8-6-21)32-28-11-14-29-27-10-9-25(34(35)36)18-26(27)28;2*1-2/h2-15,17-18,30-31H,16,19H2,1H3,(H,29,32);2*1-2H3/p+2. The fraction of sp³-hybridized carbons (Fsp3) is 0.219. The van der Waals surface area contributed by atoms with E-state index in [0.717, 1.165) is 45.9 Å². The minimum atomic E-state index is -0.383. The lowest BCUT2D eigenvalue weighted by Crippen LogP contribution is -3.04. The van der Waals surface area contributed by atoms with Gasteiger partial charge in [0.25, 0.3) is 5.69 Å². The van der Waals surface area contributed by atoms with Gasteiger partial charge in [-0.25, -0.2) is 4.98 Å². The Morgan fingerprint density at radius 1 is 0.900 bits per heavy atom. The van der Waals surface area contributed by atoms with Gasteiger partial charge in [-0.15, -0.1) is 0 Å². The molecule has 8 heteroatoms. The summed E-state index contributed by atoms with van der Waals surface area (Å²) in [6, 6.07) is 23.1. The predicted molar refractivity (Wildman–Crippen MR) is 166 cm³/mol. The molecule has 208 valence electrons. The molecule has 0 amide bonds. The molecule has 0 bridgehead atoms. The molecule has 1 aromatic heterocycles. The summed E-state index contributed by atoms with van der Waals surface area (Å²) in [4.78, 5) is 15.3. The first-order valence-electron chi connectivity index (χ1n) is 13.8. The van der Waals surface area contributed by atoms with Crippen LogP contribution in [0.4, 0.5) is 28.4 Å². The number of aromatic nitrogens is 1. The number of quaternary nitrogens is 1. The van der Waals surface area contributed by atoms with Gasteiger partial charge in [0.2, 0.25) is 5.52 Å². The third-order valence-corrected chi connectivity index (χ3v) is 6.06. The van der Waals surface area contributed by atoms with Gasteiger partial charge in [-0.2, -0.15) is 0 Å². The van der Waals surface area contributed by atoms with Crippen LogP contribution in [0.1, 0.15) is 33.3 Å². The van der Waals surface area contributed by atoms with Crippen molar-refractivity contribution in [2.75, 3.05) is 29.5 Å². The fourth-order valence-corrected chi connectivity index (χ4v) is 4.10. The third kappa shape index (κ3) is 8.15. The number of pyridine rings is 1. The van der Waals surface area contributed by atoms with Crippen molar-refractivity contribution in [3.8, 4) is 0 Å². The van der Waals surface area contributed by atoms with Gasteiger partial charge in [0.05, 0.1) is 29.2 Å². The van der Waals surface area contributed by atoms with E-state index in [2.05, 4.69) is 70.6 Å². The van der Waals surface area contributed by atoms with Gasteiger partial charge >= 0.3 is 0 Å². The molecule has 1 atom stereocenters. The molecule has 5 N–H and O–H groups in total. The Kier molecular flexibility index (Phi) is 11.2. The zero-order chi connectivity index (χ0) is 28.9. The van der Waals surface area contributed by atoms with Crippen molar-refractivity contribution >= 4 is 39.3 Å². The Morgan fingerprint density at radius 3 is 2.35 bits per heavy atom. The third-order valence-electron chi connectivity index (χ3n) is 6.06. The second kappa shape index (κ2) is 15.0. The molecule has 1 unspecified atom stereocenters. The second-order valence-electron chi connectivity index (χ2n) is 8.80. The Bertz CT molecular complexity index is 1460.